The van der Waals surface area contributed by atoms with Crippen molar-refractivity contribution in [2.75, 3.05) is 60.0 Å². The molecule has 0 bridgehead atoms. The van der Waals surface area contributed by atoms with Crippen LogP contribution in [-0.4, -0.2) is 95.4 Å². The Kier molecular flexibility index (Phi) is 12.4. The molecular weight excluding hydrogens is 855 g/mol. The van der Waals surface area contributed by atoms with E-state index in [1.54, 1.807) is 80.3 Å². The number of rotatable bonds is 12. The van der Waals surface area contributed by atoms with E-state index in [0.717, 1.165) is 37.1 Å². The summed E-state index contributed by atoms with van der Waals surface area (Å²) in [4.78, 5) is 89.4. The number of imide groups is 1. The number of fused-ring (bicyclic) bond motifs is 2. The van der Waals surface area contributed by atoms with Crippen molar-refractivity contribution in [1.29, 1.82) is 0 Å². The van der Waals surface area contributed by atoms with Crippen LogP contribution in [0.1, 0.15) is 91.6 Å². The second-order valence-corrected chi connectivity index (χ2v) is 16.5. The van der Waals surface area contributed by atoms with Gasteiger partial charge in [0.05, 0.1) is 19.9 Å². The van der Waals surface area contributed by atoms with Crippen molar-refractivity contribution in [3.63, 3.8) is 0 Å². The molecule has 6 amide bonds. The monoisotopic (exact) mass is 903 g/mol. The Morgan fingerprint density at radius 1 is 0.597 bits per heavy atom. The minimum Gasteiger partial charge on any atom is -0.497 e. The van der Waals surface area contributed by atoms with Crippen LogP contribution in [0, 0.1) is 0 Å². The van der Waals surface area contributed by atoms with Gasteiger partial charge in [-0.05, 0) is 130 Å². The minimum absolute atomic E-state index is 0.0658. The average molecular weight is 904 g/mol. The van der Waals surface area contributed by atoms with Crippen LogP contribution in [0.25, 0.3) is 11.9 Å². The number of aromatic nitrogens is 4. The van der Waals surface area contributed by atoms with E-state index in [0.29, 0.717) is 65.6 Å². The van der Waals surface area contributed by atoms with Gasteiger partial charge in [0.15, 0.2) is 11.4 Å². The van der Waals surface area contributed by atoms with Gasteiger partial charge >= 0.3 is 0 Å². The van der Waals surface area contributed by atoms with Crippen LogP contribution in [0.2, 0.25) is 0 Å². The number of hydrogen-bond acceptors (Lipinski definition) is 10. The Morgan fingerprint density at radius 2 is 1.07 bits per heavy atom. The van der Waals surface area contributed by atoms with Crippen molar-refractivity contribution in [3.05, 3.63) is 137 Å². The first-order valence-corrected chi connectivity index (χ1v) is 22.3. The number of piperidine rings is 2. The lowest BCUT2D eigenvalue weighted by atomic mass is 10.0. The lowest BCUT2D eigenvalue weighted by molar-refractivity contribution is -0.120. The molecule has 0 unspecified atom stereocenters. The van der Waals surface area contributed by atoms with Gasteiger partial charge in [0.2, 0.25) is 11.8 Å². The number of allylic oxidation sites excluding steroid dienone is 3. The third-order valence-corrected chi connectivity index (χ3v) is 12.6. The van der Waals surface area contributed by atoms with Gasteiger partial charge in [-0.2, -0.15) is 10.2 Å². The Hall–Kier alpha value is -8.08. The Balaban J connectivity index is 1.01. The summed E-state index contributed by atoms with van der Waals surface area (Å²) in [6.07, 6.45) is 11.3. The number of benzene rings is 3. The normalized spacial score (nSPS) is 16.6. The highest BCUT2D eigenvalue weighted by Crippen LogP contribution is 2.33. The Bertz CT molecular complexity index is 2860. The highest BCUT2D eigenvalue weighted by atomic mass is 16.5. The Labute approximate surface area is 386 Å². The molecule has 0 saturated carbocycles. The van der Waals surface area contributed by atoms with E-state index in [2.05, 4.69) is 22.1 Å². The summed E-state index contributed by atoms with van der Waals surface area (Å²) in [6.45, 7) is 5.43. The largest absolute Gasteiger partial charge is 0.497 e. The zero-order valence-corrected chi connectivity index (χ0v) is 37.3. The van der Waals surface area contributed by atoms with E-state index >= 15 is 0 Å². The quantitative estimate of drug-likeness (QED) is 0.0851. The van der Waals surface area contributed by atoms with Crippen molar-refractivity contribution in [3.8, 4) is 11.4 Å². The fraction of sp³-hybridized carbons (Fsp3) is 0.280. The second kappa shape index (κ2) is 18.8. The molecule has 4 aliphatic heterocycles. The van der Waals surface area contributed by atoms with Crippen molar-refractivity contribution < 1.29 is 38.2 Å². The van der Waals surface area contributed by atoms with Gasteiger partial charge in [-0.25, -0.2) is 9.36 Å². The molecule has 0 atom stereocenters. The summed E-state index contributed by atoms with van der Waals surface area (Å²) < 4.78 is 13.4. The van der Waals surface area contributed by atoms with Gasteiger partial charge in [0.25, 0.3) is 23.6 Å². The SMILES string of the molecule is C=CC(=CC=Cn1nc(C(=O)NC(=O)c2nn(-c3ccc(OC)cc3)c3c2CCN(c2ccc(N4CCCCC4=O)cc2)C3=O)c2c1C(=O)N(c1ccc(N3CCCCC3=O)cc1)CC2)OC. The standard InChI is InChI=1S/C50H49N9O8/c1-4-37(66-2)10-9-29-58-45-39(25-30-56(49(45)64)34-17-13-32(14-18-34)54-27-7-5-11-41(54)60)43(52-58)47(62)51-48(63)44-40-26-31-57(35-19-15-33(16-20-35)55-28-8-6-12-42(55)61)50(65)46(40)59(53-44)36-21-23-38(67-3)24-22-36/h4,9-10,13-24,29H,1,5-8,11-12,25-28,30-31H2,2-3H3,(H,51,62,63). The van der Waals surface area contributed by atoms with E-state index < -0.39 is 23.6 Å². The van der Waals surface area contributed by atoms with E-state index in [-0.39, 0.29) is 60.5 Å². The molecule has 4 aliphatic rings. The van der Waals surface area contributed by atoms with Crippen LogP contribution >= 0.6 is 0 Å². The maximum atomic E-state index is 14.5. The van der Waals surface area contributed by atoms with Crippen molar-refractivity contribution >= 4 is 64.4 Å². The van der Waals surface area contributed by atoms with Gasteiger partial charge in [0, 0.05) is 79.1 Å². The molecule has 6 heterocycles. The topological polar surface area (TPSA) is 182 Å². The van der Waals surface area contributed by atoms with Crippen molar-refractivity contribution in [2.24, 2.45) is 0 Å². The molecule has 1 N–H and O–H groups in total. The molecule has 2 fully saturated rings. The fourth-order valence-electron chi connectivity index (χ4n) is 9.06. The summed E-state index contributed by atoms with van der Waals surface area (Å²) in [7, 11) is 3.03. The van der Waals surface area contributed by atoms with Gasteiger partial charge in [-0.3, -0.25) is 34.1 Å². The molecular formula is C50H49N9O8. The average Bonchev–Trinajstić information content (AvgIpc) is 3.94. The van der Waals surface area contributed by atoms with E-state index in [1.165, 1.54) is 35.9 Å². The van der Waals surface area contributed by atoms with Gasteiger partial charge < -0.3 is 29.1 Å². The number of carbonyl (C=O) groups is 6. The van der Waals surface area contributed by atoms with Crippen molar-refractivity contribution in [2.45, 2.75) is 51.4 Å². The summed E-state index contributed by atoms with van der Waals surface area (Å²) in [5, 5.41) is 11.7. The lowest BCUT2D eigenvalue weighted by Gasteiger charge is -2.29. The highest BCUT2D eigenvalue weighted by Gasteiger charge is 2.38. The first kappa shape index (κ1) is 44.1. The predicted octanol–water partition coefficient (Wildman–Crippen LogP) is 6.27. The number of nitrogens with one attached hydrogen (secondary N) is 1. The van der Waals surface area contributed by atoms with Gasteiger partial charge in [-0.15, -0.1) is 0 Å². The lowest BCUT2D eigenvalue weighted by Crippen LogP contribution is -2.40. The van der Waals surface area contributed by atoms with E-state index in [1.807, 2.05) is 24.3 Å². The first-order chi connectivity index (χ1) is 32.6. The van der Waals surface area contributed by atoms with Crippen LogP contribution < -0.4 is 29.7 Å². The molecule has 0 radical (unpaired) electrons. The molecule has 2 saturated heterocycles. The third-order valence-electron chi connectivity index (χ3n) is 12.6. The van der Waals surface area contributed by atoms with Crippen LogP contribution in [-0.2, 0) is 27.2 Å². The van der Waals surface area contributed by atoms with Crippen molar-refractivity contribution in [1.82, 2.24) is 24.9 Å². The molecule has 0 aliphatic carbocycles. The maximum absolute atomic E-state index is 14.5. The number of anilines is 4. The first-order valence-electron chi connectivity index (χ1n) is 22.3. The molecule has 0 spiro atoms. The number of hydrogen-bond donors (Lipinski definition) is 1. The second-order valence-electron chi connectivity index (χ2n) is 16.5. The smallest absolute Gasteiger partial charge is 0.278 e. The van der Waals surface area contributed by atoms with Gasteiger partial charge in [-0.1, -0.05) is 6.58 Å². The zero-order chi connectivity index (χ0) is 46.8. The fourth-order valence-corrected chi connectivity index (χ4v) is 9.06. The zero-order valence-electron chi connectivity index (χ0n) is 37.3. The molecule has 9 rings (SSSR count). The molecule has 17 heteroatoms. The summed E-state index contributed by atoms with van der Waals surface area (Å²) in [6, 6.07) is 21.4. The van der Waals surface area contributed by atoms with Gasteiger partial charge in [0.1, 0.15) is 22.9 Å². The predicted molar refractivity (Wildman–Crippen MR) is 251 cm³/mol. The third kappa shape index (κ3) is 8.51. The van der Waals surface area contributed by atoms with Crippen LogP contribution in [0.15, 0.2) is 103 Å². The number of nitrogens with zero attached hydrogens (tertiary/aromatic N) is 8. The number of methoxy groups -OCH3 is 2. The van der Waals surface area contributed by atoms with E-state index in [4.69, 9.17) is 9.47 Å². The van der Waals surface area contributed by atoms with Crippen LogP contribution in [0.4, 0.5) is 22.7 Å². The summed E-state index contributed by atoms with van der Waals surface area (Å²) >= 11 is 0. The Morgan fingerprint density at radius 3 is 1.57 bits per heavy atom. The molecule has 3 aromatic carbocycles. The number of ether oxygens (including phenoxy) is 2. The minimum atomic E-state index is -0.854. The van der Waals surface area contributed by atoms with Crippen LogP contribution in [0.5, 0.6) is 5.75 Å². The molecule has 2 aromatic heterocycles. The highest BCUT2D eigenvalue weighted by molar-refractivity contribution is 6.15. The van der Waals surface area contributed by atoms with E-state index in [9.17, 15) is 28.8 Å². The maximum Gasteiger partial charge on any atom is 0.278 e. The van der Waals surface area contributed by atoms with Crippen LogP contribution in [0.3, 0.4) is 0 Å². The molecule has 17 nitrogen and oxygen atoms in total. The number of amides is 6. The summed E-state index contributed by atoms with van der Waals surface area (Å²) in [5.74, 6) is -1.37. The molecule has 5 aromatic rings. The molecule has 342 valence electrons. The summed E-state index contributed by atoms with van der Waals surface area (Å²) in [5.41, 5.74) is 3.96. The number of carbonyl (C=O) groups excluding carboxylic acids is 6. The molecule has 67 heavy (non-hydrogen) atoms.